The summed E-state index contributed by atoms with van der Waals surface area (Å²) >= 11 is 0. The number of ketones is 1. The summed E-state index contributed by atoms with van der Waals surface area (Å²) in [5.41, 5.74) is 3.13. The molecule has 0 aromatic heterocycles. The number of hydrogen-bond acceptors (Lipinski definition) is 3. The number of aryl methyl sites for hydroxylation is 1. The summed E-state index contributed by atoms with van der Waals surface area (Å²) in [5.74, 6) is 0.0480. The van der Waals surface area contributed by atoms with Crippen LogP contribution in [0, 0.1) is 6.92 Å². The molecule has 0 fully saturated rings. The van der Waals surface area contributed by atoms with Crippen molar-refractivity contribution >= 4 is 12.1 Å². The number of likely N-dealkylation sites (N-methyl/N-ethyl adjacent to an activating group) is 1. The topological polar surface area (TPSA) is 46.2 Å². The predicted octanol–water partition coefficient (Wildman–Crippen LogP) is 2.31. The lowest BCUT2D eigenvalue weighted by Gasteiger charge is -2.08. The Kier molecular flexibility index (Phi) is 6.29. The number of rotatable bonds is 8. The van der Waals surface area contributed by atoms with E-state index in [0.717, 1.165) is 25.8 Å². The summed E-state index contributed by atoms with van der Waals surface area (Å²) in [4.78, 5) is 22.1. The first-order chi connectivity index (χ1) is 8.69. The highest BCUT2D eigenvalue weighted by Crippen LogP contribution is 2.14. The van der Waals surface area contributed by atoms with E-state index >= 15 is 0 Å². The lowest BCUT2D eigenvalue weighted by atomic mass is 9.98. The fourth-order valence-corrected chi connectivity index (χ4v) is 1.85. The zero-order valence-electron chi connectivity index (χ0n) is 11.2. The second kappa shape index (κ2) is 7.77. The molecule has 1 aromatic carbocycles. The minimum absolute atomic E-state index is 0.0480. The van der Waals surface area contributed by atoms with Gasteiger partial charge in [-0.05, 0) is 43.6 Å². The van der Waals surface area contributed by atoms with Crippen LogP contribution in [0.15, 0.2) is 18.2 Å². The van der Waals surface area contributed by atoms with Crippen LogP contribution in [-0.4, -0.2) is 25.2 Å². The molecule has 1 N–H and O–H groups in total. The maximum atomic E-state index is 11.8. The highest BCUT2D eigenvalue weighted by molar-refractivity contribution is 5.97. The van der Waals surface area contributed by atoms with Crippen LogP contribution in [0.4, 0.5) is 0 Å². The monoisotopic (exact) mass is 247 g/mol. The molecule has 0 radical (unpaired) electrons. The smallest absolute Gasteiger partial charge is 0.163 e. The lowest BCUT2D eigenvalue weighted by Crippen LogP contribution is -2.16. The van der Waals surface area contributed by atoms with Gasteiger partial charge in [0.2, 0.25) is 0 Å². The number of Topliss-reactive ketones (excluding diaryl/α,β-unsaturated/α-hetero) is 1. The SMILES string of the molecule is CCNCCc1cc(C(=O)CCC=O)ccc1C. The largest absolute Gasteiger partial charge is 0.317 e. The molecule has 1 aromatic rings. The average Bonchev–Trinajstić information content (AvgIpc) is 2.38. The van der Waals surface area contributed by atoms with Crippen LogP contribution < -0.4 is 5.32 Å². The molecular weight excluding hydrogens is 226 g/mol. The normalized spacial score (nSPS) is 10.3. The molecule has 0 aliphatic carbocycles. The minimum Gasteiger partial charge on any atom is -0.317 e. The minimum atomic E-state index is 0.0480. The molecule has 0 aliphatic rings. The standard InChI is InChI=1S/C15H21NO2/c1-3-16-9-8-13-11-14(7-6-12(13)2)15(18)5-4-10-17/h6-7,10-11,16H,3-5,8-9H2,1-2H3. The molecule has 1 rings (SSSR count). The van der Waals surface area contributed by atoms with Crippen molar-refractivity contribution in [1.29, 1.82) is 0 Å². The van der Waals surface area contributed by atoms with E-state index in [0.29, 0.717) is 18.4 Å². The number of nitrogens with one attached hydrogen (secondary N) is 1. The molecule has 0 heterocycles. The van der Waals surface area contributed by atoms with Crippen LogP contribution in [0.25, 0.3) is 0 Å². The van der Waals surface area contributed by atoms with E-state index in [2.05, 4.69) is 19.2 Å². The van der Waals surface area contributed by atoms with Gasteiger partial charge < -0.3 is 10.1 Å². The Morgan fingerprint density at radius 2 is 2.17 bits per heavy atom. The third-order valence-corrected chi connectivity index (χ3v) is 2.98. The van der Waals surface area contributed by atoms with E-state index in [1.165, 1.54) is 11.1 Å². The van der Waals surface area contributed by atoms with E-state index in [-0.39, 0.29) is 5.78 Å². The maximum absolute atomic E-state index is 11.8. The van der Waals surface area contributed by atoms with E-state index in [9.17, 15) is 9.59 Å². The highest BCUT2D eigenvalue weighted by Gasteiger charge is 2.07. The van der Waals surface area contributed by atoms with Crippen LogP contribution in [0.1, 0.15) is 41.3 Å². The average molecular weight is 247 g/mol. The Morgan fingerprint density at radius 3 is 2.83 bits per heavy atom. The second-order valence-electron chi connectivity index (χ2n) is 4.37. The fraction of sp³-hybridized carbons (Fsp3) is 0.467. The third-order valence-electron chi connectivity index (χ3n) is 2.98. The molecule has 18 heavy (non-hydrogen) atoms. The van der Waals surface area contributed by atoms with Crippen molar-refractivity contribution in [3.63, 3.8) is 0 Å². The highest BCUT2D eigenvalue weighted by atomic mass is 16.1. The Bertz CT molecular complexity index is 413. The van der Waals surface area contributed by atoms with Crippen LogP contribution in [0.5, 0.6) is 0 Å². The number of benzene rings is 1. The molecular formula is C15H21NO2. The molecule has 0 amide bonds. The Hall–Kier alpha value is -1.48. The Labute approximate surface area is 109 Å². The number of carbonyl (C=O) groups is 2. The van der Waals surface area contributed by atoms with Crippen molar-refractivity contribution in [2.24, 2.45) is 0 Å². The van der Waals surface area contributed by atoms with E-state index in [4.69, 9.17) is 0 Å². The molecule has 3 nitrogen and oxygen atoms in total. The number of carbonyl (C=O) groups excluding carboxylic acids is 2. The van der Waals surface area contributed by atoms with Gasteiger partial charge in [0.1, 0.15) is 6.29 Å². The third kappa shape index (κ3) is 4.41. The number of aldehydes is 1. The molecule has 0 spiro atoms. The molecule has 0 unspecified atom stereocenters. The van der Waals surface area contributed by atoms with Crippen LogP contribution in [-0.2, 0) is 11.2 Å². The first-order valence-corrected chi connectivity index (χ1v) is 6.46. The van der Waals surface area contributed by atoms with Crippen molar-refractivity contribution in [2.45, 2.75) is 33.1 Å². The lowest BCUT2D eigenvalue weighted by molar-refractivity contribution is -0.107. The summed E-state index contributed by atoms with van der Waals surface area (Å²) in [6.45, 7) is 6.01. The van der Waals surface area contributed by atoms with Crippen LogP contribution in [0.2, 0.25) is 0 Å². The molecule has 3 heteroatoms. The van der Waals surface area contributed by atoms with Gasteiger partial charge in [0, 0.05) is 18.4 Å². The summed E-state index contributed by atoms with van der Waals surface area (Å²) in [5, 5.41) is 3.28. The molecule has 0 atom stereocenters. The van der Waals surface area contributed by atoms with Gasteiger partial charge in [-0.1, -0.05) is 19.1 Å². The fourth-order valence-electron chi connectivity index (χ4n) is 1.85. The van der Waals surface area contributed by atoms with E-state index in [1.807, 2.05) is 18.2 Å². The van der Waals surface area contributed by atoms with Crippen molar-refractivity contribution in [3.8, 4) is 0 Å². The summed E-state index contributed by atoms with van der Waals surface area (Å²) in [7, 11) is 0. The Morgan fingerprint density at radius 1 is 1.39 bits per heavy atom. The molecule has 0 aliphatic heterocycles. The molecule has 0 saturated heterocycles. The number of hydrogen-bond donors (Lipinski definition) is 1. The van der Waals surface area contributed by atoms with Crippen LogP contribution >= 0.6 is 0 Å². The molecule has 0 bridgehead atoms. The van der Waals surface area contributed by atoms with Gasteiger partial charge >= 0.3 is 0 Å². The molecule has 0 saturated carbocycles. The van der Waals surface area contributed by atoms with Gasteiger partial charge in [0.05, 0.1) is 0 Å². The van der Waals surface area contributed by atoms with Gasteiger partial charge in [-0.25, -0.2) is 0 Å². The predicted molar refractivity (Wildman–Crippen MR) is 73.1 cm³/mol. The summed E-state index contributed by atoms with van der Waals surface area (Å²) in [6.07, 6.45) is 2.32. The van der Waals surface area contributed by atoms with E-state index in [1.54, 1.807) is 0 Å². The van der Waals surface area contributed by atoms with Crippen molar-refractivity contribution in [1.82, 2.24) is 5.32 Å². The second-order valence-corrected chi connectivity index (χ2v) is 4.37. The van der Waals surface area contributed by atoms with Gasteiger partial charge in [0.25, 0.3) is 0 Å². The zero-order valence-corrected chi connectivity index (χ0v) is 11.2. The summed E-state index contributed by atoms with van der Waals surface area (Å²) < 4.78 is 0. The first-order valence-electron chi connectivity index (χ1n) is 6.46. The van der Waals surface area contributed by atoms with Gasteiger partial charge in [-0.2, -0.15) is 0 Å². The quantitative estimate of drug-likeness (QED) is 0.435. The first kappa shape index (κ1) is 14.6. The van der Waals surface area contributed by atoms with Gasteiger partial charge in [-0.15, -0.1) is 0 Å². The van der Waals surface area contributed by atoms with Gasteiger partial charge in [-0.3, -0.25) is 4.79 Å². The Balaban J connectivity index is 2.73. The summed E-state index contributed by atoms with van der Waals surface area (Å²) in [6, 6.07) is 5.79. The van der Waals surface area contributed by atoms with Crippen molar-refractivity contribution in [3.05, 3.63) is 34.9 Å². The van der Waals surface area contributed by atoms with Gasteiger partial charge in [0.15, 0.2) is 5.78 Å². The van der Waals surface area contributed by atoms with Crippen LogP contribution in [0.3, 0.4) is 0 Å². The maximum Gasteiger partial charge on any atom is 0.163 e. The molecule has 98 valence electrons. The van der Waals surface area contributed by atoms with E-state index < -0.39 is 0 Å². The van der Waals surface area contributed by atoms with Crippen molar-refractivity contribution < 1.29 is 9.59 Å². The zero-order chi connectivity index (χ0) is 13.4. The van der Waals surface area contributed by atoms with Crippen molar-refractivity contribution in [2.75, 3.05) is 13.1 Å².